The number of ether oxygens (including phenoxy) is 1. The fourth-order valence-corrected chi connectivity index (χ4v) is 2.63. The standard InChI is InChI=1S/C20H21N3O3.K/c1-26-19-8-4-15(5-9-19)10-21-11-18-13-23(14-22-18)12-16-2-6-17(7-3-16)20(24)25;/h2-9,13-14,21H,10-12H2,1H3,(H,24,25);. The Hall–Kier alpha value is -1.48. The number of carboxylic acids is 1. The first-order valence-corrected chi connectivity index (χ1v) is 8.30. The Morgan fingerprint density at radius 1 is 1.07 bits per heavy atom. The summed E-state index contributed by atoms with van der Waals surface area (Å²) < 4.78 is 7.14. The van der Waals surface area contributed by atoms with Crippen LogP contribution in [0, 0.1) is 0 Å². The number of aromatic nitrogens is 2. The van der Waals surface area contributed by atoms with Crippen LogP contribution in [-0.2, 0) is 19.6 Å². The molecule has 0 amide bonds. The molecule has 135 valence electrons. The van der Waals surface area contributed by atoms with Crippen molar-refractivity contribution in [1.29, 1.82) is 0 Å². The predicted octanol–water partition coefficient (Wildman–Crippen LogP) is 2.55. The van der Waals surface area contributed by atoms with Crippen LogP contribution in [0.25, 0.3) is 0 Å². The van der Waals surface area contributed by atoms with Crippen LogP contribution in [0.1, 0.15) is 27.2 Å². The third-order valence-electron chi connectivity index (χ3n) is 4.05. The fraction of sp³-hybridized carbons (Fsp3) is 0.200. The van der Waals surface area contributed by atoms with Crippen molar-refractivity contribution in [1.82, 2.24) is 14.9 Å². The molecule has 0 saturated heterocycles. The first-order valence-electron chi connectivity index (χ1n) is 8.30. The van der Waals surface area contributed by atoms with E-state index >= 15 is 0 Å². The molecule has 0 atom stereocenters. The molecule has 0 unspecified atom stereocenters. The van der Waals surface area contributed by atoms with Gasteiger partial charge >= 0.3 is 5.97 Å². The Morgan fingerprint density at radius 3 is 2.37 bits per heavy atom. The minimum atomic E-state index is -0.913. The Bertz CT molecular complexity index is 861. The van der Waals surface area contributed by atoms with Crippen LogP contribution < -0.4 is 10.1 Å². The second-order valence-electron chi connectivity index (χ2n) is 5.99. The number of aromatic carboxylic acids is 1. The van der Waals surface area contributed by atoms with Gasteiger partial charge in [0, 0.05) is 77.2 Å². The van der Waals surface area contributed by atoms with Crippen molar-refractivity contribution in [2.45, 2.75) is 19.6 Å². The molecule has 0 spiro atoms. The Labute approximate surface area is 201 Å². The number of hydrogen-bond donors (Lipinski definition) is 2. The number of carboxylic acid groups (broad SMARTS) is 1. The van der Waals surface area contributed by atoms with Crippen molar-refractivity contribution < 1.29 is 14.6 Å². The molecule has 3 aromatic rings. The number of imidazole rings is 1. The Kier molecular flexibility index (Phi) is 8.68. The van der Waals surface area contributed by atoms with Gasteiger partial charge in [0.15, 0.2) is 0 Å². The number of nitrogens with zero attached hydrogens (tertiary/aromatic N) is 2. The monoisotopic (exact) mass is 390 g/mol. The molecule has 2 N–H and O–H groups in total. The van der Waals surface area contributed by atoms with E-state index in [-0.39, 0.29) is 51.4 Å². The minimum Gasteiger partial charge on any atom is -0.497 e. The summed E-state index contributed by atoms with van der Waals surface area (Å²) in [7, 11) is 1.66. The molecular weight excluding hydrogens is 369 g/mol. The van der Waals surface area contributed by atoms with Crippen molar-refractivity contribution in [2.24, 2.45) is 0 Å². The quantitative estimate of drug-likeness (QED) is 0.578. The molecule has 0 bridgehead atoms. The topological polar surface area (TPSA) is 76.4 Å². The third kappa shape index (κ3) is 6.56. The second kappa shape index (κ2) is 10.7. The van der Waals surface area contributed by atoms with Gasteiger partial charge in [0.05, 0.1) is 24.7 Å². The summed E-state index contributed by atoms with van der Waals surface area (Å²) in [5.74, 6) is -0.0618. The number of methoxy groups -OCH3 is 1. The molecule has 0 aliphatic rings. The minimum absolute atomic E-state index is 0. The summed E-state index contributed by atoms with van der Waals surface area (Å²) in [6, 6.07) is 14.8. The van der Waals surface area contributed by atoms with Gasteiger partial charge in [-0.1, -0.05) is 24.3 Å². The average molecular weight is 391 g/mol. The zero-order valence-corrected chi connectivity index (χ0v) is 18.7. The molecule has 7 heteroatoms. The smallest absolute Gasteiger partial charge is 0.335 e. The van der Waals surface area contributed by atoms with Crippen LogP contribution in [0.2, 0.25) is 0 Å². The van der Waals surface area contributed by atoms with Gasteiger partial charge in [-0.25, -0.2) is 9.78 Å². The van der Waals surface area contributed by atoms with E-state index in [1.54, 1.807) is 25.6 Å². The van der Waals surface area contributed by atoms with Crippen molar-refractivity contribution in [3.8, 4) is 5.75 Å². The third-order valence-corrected chi connectivity index (χ3v) is 4.05. The summed E-state index contributed by atoms with van der Waals surface area (Å²) in [6.07, 6.45) is 3.78. The summed E-state index contributed by atoms with van der Waals surface area (Å²) >= 11 is 0. The van der Waals surface area contributed by atoms with Gasteiger partial charge in [0.2, 0.25) is 0 Å². The number of nitrogens with one attached hydrogen (secondary N) is 1. The Balaban J connectivity index is 0.00000261. The second-order valence-corrected chi connectivity index (χ2v) is 5.99. The van der Waals surface area contributed by atoms with Gasteiger partial charge < -0.3 is 19.7 Å². The number of benzene rings is 2. The van der Waals surface area contributed by atoms with Crippen molar-refractivity contribution >= 4 is 57.4 Å². The largest absolute Gasteiger partial charge is 0.497 e. The van der Waals surface area contributed by atoms with E-state index in [9.17, 15) is 4.79 Å². The average Bonchev–Trinajstić information content (AvgIpc) is 3.10. The zero-order valence-electron chi connectivity index (χ0n) is 15.6. The molecule has 1 heterocycles. The van der Waals surface area contributed by atoms with E-state index in [0.29, 0.717) is 18.7 Å². The molecule has 2 aromatic carbocycles. The number of rotatable bonds is 8. The van der Waals surface area contributed by atoms with E-state index in [4.69, 9.17) is 9.84 Å². The maximum absolute atomic E-state index is 10.9. The maximum atomic E-state index is 10.9. The van der Waals surface area contributed by atoms with Crippen LogP contribution in [0.3, 0.4) is 0 Å². The van der Waals surface area contributed by atoms with Gasteiger partial charge in [0.1, 0.15) is 5.75 Å². The SMILES string of the molecule is COc1ccc(CNCc2cn(Cc3ccc(C(=O)O)cc3)cn2)cc1.[K]. The van der Waals surface area contributed by atoms with Crippen LogP contribution in [0.15, 0.2) is 61.1 Å². The van der Waals surface area contributed by atoms with Crippen molar-refractivity contribution in [2.75, 3.05) is 7.11 Å². The van der Waals surface area contributed by atoms with Gasteiger partial charge in [0.25, 0.3) is 0 Å². The molecule has 27 heavy (non-hydrogen) atoms. The predicted molar refractivity (Wildman–Crippen MR) is 104 cm³/mol. The first-order chi connectivity index (χ1) is 12.6. The molecule has 1 radical (unpaired) electrons. The van der Waals surface area contributed by atoms with Gasteiger partial charge in [-0.15, -0.1) is 0 Å². The Morgan fingerprint density at radius 2 is 1.74 bits per heavy atom. The maximum Gasteiger partial charge on any atom is 0.335 e. The first kappa shape index (κ1) is 21.8. The summed E-state index contributed by atoms with van der Waals surface area (Å²) in [4.78, 5) is 15.3. The van der Waals surface area contributed by atoms with Crippen molar-refractivity contribution in [3.63, 3.8) is 0 Å². The van der Waals surface area contributed by atoms with Gasteiger partial charge in [-0.05, 0) is 35.4 Å². The van der Waals surface area contributed by atoms with E-state index in [1.807, 2.05) is 47.2 Å². The van der Waals surface area contributed by atoms with Crippen molar-refractivity contribution in [3.05, 3.63) is 83.4 Å². The van der Waals surface area contributed by atoms with Crippen LogP contribution >= 0.6 is 0 Å². The summed E-state index contributed by atoms with van der Waals surface area (Å²) in [5.41, 5.74) is 3.47. The van der Waals surface area contributed by atoms with E-state index in [2.05, 4.69) is 10.3 Å². The molecule has 1 aromatic heterocycles. The van der Waals surface area contributed by atoms with Crippen LogP contribution in [0.4, 0.5) is 0 Å². The van der Waals surface area contributed by atoms with Crippen LogP contribution in [0.5, 0.6) is 5.75 Å². The fourth-order valence-electron chi connectivity index (χ4n) is 2.63. The molecule has 0 aliphatic heterocycles. The molecular formula is C20H21KN3O3. The van der Waals surface area contributed by atoms with E-state index in [0.717, 1.165) is 23.6 Å². The van der Waals surface area contributed by atoms with E-state index in [1.165, 1.54) is 5.56 Å². The number of carbonyl (C=O) groups is 1. The molecule has 6 nitrogen and oxygen atoms in total. The van der Waals surface area contributed by atoms with E-state index < -0.39 is 5.97 Å². The molecule has 3 rings (SSSR count). The number of hydrogen-bond acceptors (Lipinski definition) is 4. The summed E-state index contributed by atoms with van der Waals surface area (Å²) in [6.45, 7) is 2.09. The van der Waals surface area contributed by atoms with Gasteiger partial charge in [-0.2, -0.15) is 0 Å². The molecule has 0 aliphatic carbocycles. The molecule has 0 fully saturated rings. The molecule has 0 saturated carbocycles. The summed E-state index contributed by atoms with van der Waals surface area (Å²) in [5, 5.41) is 12.3. The van der Waals surface area contributed by atoms with Crippen LogP contribution in [-0.4, -0.2) is 79.1 Å². The normalized spacial score (nSPS) is 10.3. The van der Waals surface area contributed by atoms with Gasteiger partial charge in [-0.3, -0.25) is 0 Å². The zero-order chi connectivity index (χ0) is 18.4.